The topological polar surface area (TPSA) is 114 Å². The number of nitro groups is 1. The first kappa shape index (κ1) is 21.1. The Bertz CT molecular complexity index is 948. The predicted octanol–water partition coefficient (Wildman–Crippen LogP) is 2.72. The molecule has 30 heavy (non-hydrogen) atoms. The van der Waals surface area contributed by atoms with E-state index in [2.05, 4.69) is 10.6 Å². The maximum absolute atomic E-state index is 12.9. The molecule has 2 N–H and O–H groups in total. The molecule has 0 aliphatic carbocycles. The fourth-order valence-corrected chi connectivity index (χ4v) is 3.24. The van der Waals surface area contributed by atoms with E-state index in [4.69, 9.17) is 4.74 Å². The van der Waals surface area contributed by atoms with Gasteiger partial charge in [-0.3, -0.25) is 19.7 Å². The molecular formula is C21H24N4O5. The zero-order valence-electron chi connectivity index (χ0n) is 16.8. The molecule has 1 aliphatic rings. The number of nitro benzene ring substituents is 1. The van der Waals surface area contributed by atoms with Crippen molar-refractivity contribution in [1.29, 1.82) is 0 Å². The first-order valence-corrected chi connectivity index (χ1v) is 9.76. The van der Waals surface area contributed by atoms with E-state index in [1.165, 1.54) is 18.2 Å². The highest BCUT2D eigenvalue weighted by Crippen LogP contribution is 2.35. The van der Waals surface area contributed by atoms with E-state index in [1.807, 2.05) is 19.1 Å². The average Bonchev–Trinajstić information content (AvgIpc) is 2.76. The monoisotopic (exact) mass is 412 g/mol. The van der Waals surface area contributed by atoms with Crippen molar-refractivity contribution in [2.45, 2.75) is 32.4 Å². The third-order valence-electron chi connectivity index (χ3n) is 4.85. The van der Waals surface area contributed by atoms with Crippen molar-refractivity contribution in [2.24, 2.45) is 0 Å². The molecule has 0 bridgehead atoms. The van der Waals surface area contributed by atoms with Gasteiger partial charge < -0.3 is 20.3 Å². The van der Waals surface area contributed by atoms with Crippen molar-refractivity contribution >= 4 is 28.9 Å². The summed E-state index contributed by atoms with van der Waals surface area (Å²) in [5, 5.41) is 16.7. The van der Waals surface area contributed by atoms with Gasteiger partial charge in [0.05, 0.1) is 17.2 Å². The van der Waals surface area contributed by atoms with Gasteiger partial charge in [0.2, 0.25) is 5.91 Å². The number of ether oxygens (including phenoxy) is 1. The van der Waals surface area contributed by atoms with Gasteiger partial charge in [-0.1, -0.05) is 31.2 Å². The van der Waals surface area contributed by atoms with Gasteiger partial charge in [0.25, 0.3) is 11.6 Å². The van der Waals surface area contributed by atoms with Crippen LogP contribution in [0.15, 0.2) is 48.5 Å². The first-order chi connectivity index (χ1) is 14.4. The number of para-hydroxylation sites is 4. The number of nitrogens with one attached hydrogen (secondary N) is 2. The molecule has 0 fully saturated rings. The Labute approximate surface area is 174 Å². The fraction of sp³-hybridized carbons (Fsp3) is 0.333. The Morgan fingerprint density at radius 2 is 1.93 bits per heavy atom. The molecule has 2 atom stereocenters. The van der Waals surface area contributed by atoms with Crippen molar-refractivity contribution < 1.29 is 19.2 Å². The van der Waals surface area contributed by atoms with E-state index >= 15 is 0 Å². The number of nitrogens with zero attached hydrogens (tertiary/aromatic N) is 2. The van der Waals surface area contributed by atoms with Crippen LogP contribution in [0.5, 0.6) is 5.75 Å². The summed E-state index contributed by atoms with van der Waals surface area (Å²) in [6.45, 7) is 4.36. The molecule has 9 heteroatoms. The maximum Gasteiger partial charge on any atom is 0.292 e. The lowest BCUT2D eigenvalue weighted by molar-refractivity contribution is -0.383. The van der Waals surface area contributed by atoms with Crippen LogP contribution in [0.3, 0.4) is 0 Å². The summed E-state index contributed by atoms with van der Waals surface area (Å²) in [5.74, 6) is -0.165. The number of amides is 2. The molecule has 1 aliphatic heterocycles. The second-order valence-corrected chi connectivity index (χ2v) is 6.96. The lowest BCUT2D eigenvalue weighted by Crippen LogP contribution is -2.54. The van der Waals surface area contributed by atoms with Gasteiger partial charge in [-0.2, -0.15) is 0 Å². The van der Waals surface area contributed by atoms with E-state index in [0.717, 1.165) is 6.42 Å². The normalized spacial score (nSPS) is 16.1. The van der Waals surface area contributed by atoms with E-state index in [-0.39, 0.29) is 23.8 Å². The van der Waals surface area contributed by atoms with Crippen LogP contribution in [0, 0.1) is 10.1 Å². The second kappa shape index (κ2) is 9.25. The third-order valence-corrected chi connectivity index (χ3v) is 4.85. The van der Waals surface area contributed by atoms with Gasteiger partial charge in [0.1, 0.15) is 17.5 Å². The number of anilines is 2. The summed E-state index contributed by atoms with van der Waals surface area (Å²) in [5.41, 5.74) is 0.623. The molecule has 0 radical (unpaired) electrons. The molecule has 2 amide bonds. The highest BCUT2D eigenvalue weighted by molar-refractivity contribution is 5.99. The number of benzene rings is 2. The summed E-state index contributed by atoms with van der Waals surface area (Å²) in [6.07, 6.45) is 0.0284. The summed E-state index contributed by atoms with van der Waals surface area (Å²) in [7, 11) is 0. The first-order valence-electron chi connectivity index (χ1n) is 9.76. The predicted molar refractivity (Wildman–Crippen MR) is 113 cm³/mol. The second-order valence-electron chi connectivity index (χ2n) is 6.96. The van der Waals surface area contributed by atoms with Crippen LogP contribution < -0.4 is 20.3 Å². The quantitative estimate of drug-likeness (QED) is 0.534. The van der Waals surface area contributed by atoms with Crippen molar-refractivity contribution in [3.05, 3.63) is 58.6 Å². The van der Waals surface area contributed by atoms with Crippen LogP contribution in [0.2, 0.25) is 0 Å². The number of carbonyl (C=O) groups is 2. The Morgan fingerprint density at radius 3 is 2.67 bits per heavy atom. The van der Waals surface area contributed by atoms with Gasteiger partial charge >= 0.3 is 0 Å². The van der Waals surface area contributed by atoms with Crippen molar-refractivity contribution in [1.82, 2.24) is 5.32 Å². The third kappa shape index (κ3) is 4.51. The summed E-state index contributed by atoms with van der Waals surface area (Å²) < 4.78 is 5.85. The lowest BCUT2D eigenvalue weighted by atomic mass is 10.1. The number of fused-ring (bicyclic) bond motifs is 1. The number of hydrogen-bond donors (Lipinski definition) is 2. The standard InChI is InChI=1S/C21H24N4O5/c1-3-12-22-21(27)19-13-24(17-10-6-7-11-18(17)30-19)14(2)20(26)23-15-8-4-5-9-16(15)25(28)29/h4-11,14,19H,3,12-13H2,1-2H3,(H,22,27)(H,23,26)/t14-,19+/m0/s1. The molecular weight excluding hydrogens is 388 g/mol. The van der Waals surface area contributed by atoms with Crippen LogP contribution in [-0.4, -0.2) is 42.0 Å². The zero-order valence-corrected chi connectivity index (χ0v) is 16.8. The van der Waals surface area contributed by atoms with E-state index < -0.39 is 23.0 Å². The molecule has 9 nitrogen and oxygen atoms in total. The van der Waals surface area contributed by atoms with Gasteiger partial charge in [0, 0.05) is 12.6 Å². The summed E-state index contributed by atoms with van der Waals surface area (Å²) in [4.78, 5) is 37.9. The molecule has 2 aromatic carbocycles. The molecule has 158 valence electrons. The van der Waals surface area contributed by atoms with E-state index in [1.54, 1.807) is 30.0 Å². The lowest BCUT2D eigenvalue weighted by Gasteiger charge is -2.38. The number of carbonyl (C=O) groups excluding carboxylic acids is 2. The molecule has 0 saturated carbocycles. The van der Waals surface area contributed by atoms with Crippen molar-refractivity contribution in [3.63, 3.8) is 0 Å². The van der Waals surface area contributed by atoms with Crippen molar-refractivity contribution in [3.8, 4) is 5.75 Å². The number of hydrogen-bond acceptors (Lipinski definition) is 6. The highest BCUT2D eigenvalue weighted by atomic mass is 16.6. The molecule has 0 unspecified atom stereocenters. The van der Waals surface area contributed by atoms with E-state index in [9.17, 15) is 19.7 Å². The van der Waals surface area contributed by atoms with Crippen LogP contribution in [0.4, 0.5) is 17.1 Å². The minimum absolute atomic E-state index is 0.123. The Balaban J connectivity index is 1.83. The summed E-state index contributed by atoms with van der Waals surface area (Å²) in [6, 6.07) is 12.4. The summed E-state index contributed by atoms with van der Waals surface area (Å²) >= 11 is 0. The average molecular weight is 412 g/mol. The van der Waals surface area contributed by atoms with E-state index in [0.29, 0.717) is 18.0 Å². The van der Waals surface area contributed by atoms with Crippen LogP contribution in [0.1, 0.15) is 20.3 Å². The van der Waals surface area contributed by atoms with Gasteiger partial charge in [-0.15, -0.1) is 0 Å². The van der Waals surface area contributed by atoms with Gasteiger partial charge in [0.15, 0.2) is 6.10 Å². The maximum atomic E-state index is 12.9. The minimum Gasteiger partial charge on any atom is -0.477 e. The van der Waals surface area contributed by atoms with Crippen molar-refractivity contribution in [2.75, 3.05) is 23.3 Å². The smallest absolute Gasteiger partial charge is 0.292 e. The molecule has 1 heterocycles. The minimum atomic E-state index is -0.771. The molecule has 0 saturated heterocycles. The van der Waals surface area contributed by atoms with Crippen LogP contribution >= 0.6 is 0 Å². The largest absolute Gasteiger partial charge is 0.477 e. The Hall–Kier alpha value is -3.62. The Morgan fingerprint density at radius 1 is 1.23 bits per heavy atom. The zero-order chi connectivity index (χ0) is 21.7. The Kier molecular flexibility index (Phi) is 6.51. The SMILES string of the molecule is CCCNC(=O)[C@H]1CN([C@@H](C)C(=O)Nc2ccccc2[N+](=O)[O-])c2ccccc2O1. The molecule has 3 rings (SSSR count). The van der Waals surface area contributed by atoms with Crippen LogP contribution in [-0.2, 0) is 9.59 Å². The number of rotatable bonds is 7. The van der Waals surface area contributed by atoms with Gasteiger partial charge in [-0.25, -0.2) is 0 Å². The highest BCUT2D eigenvalue weighted by Gasteiger charge is 2.35. The molecule has 0 aromatic heterocycles. The molecule has 2 aromatic rings. The van der Waals surface area contributed by atoms with Gasteiger partial charge in [-0.05, 0) is 31.5 Å². The molecule has 0 spiro atoms. The fourth-order valence-electron chi connectivity index (χ4n) is 3.24. The van der Waals surface area contributed by atoms with Crippen LogP contribution in [0.25, 0.3) is 0 Å².